The van der Waals surface area contributed by atoms with Gasteiger partial charge in [0.1, 0.15) is 0 Å². The number of nitrogens with zero attached hydrogens (tertiary/aromatic N) is 1. The minimum atomic E-state index is 0.00286. The van der Waals surface area contributed by atoms with Crippen LogP contribution in [0, 0.1) is 5.92 Å². The van der Waals surface area contributed by atoms with Crippen molar-refractivity contribution in [3.05, 3.63) is 48.6 Å². The summed E-state index contributed by atoms with van der Waals surface area (Å²) in [4.78, 5) is 14.3. The van der Waals surface area contributed by atoms with Gasteiger partial charge in [0.25, 0.3) is 0 Å². The fourth-order valence-corrected chi connectivity index (χ4v) is 3.10. The molecule has 0 aromatic heterocycles. The van der Waals surface area contributed by atoms with Crippen LogP contribution in [0.1, 0.15) is 31.2 Å². The van der Waals surface area contributed by atoms with Crippen LogP contribution in [0.2, 0.25) is 0 Å². The maximum Gasteiger partial charge on any atom is 0.226 e. The summed E-state index contributed by atoms with van der Waals surface area (Å²) in [5.41, 5.74) is 1.30. The molecule has 1 amide bonds. The Morgan fingerprint density at radius 1 is 1.33 bits per heavy atom. The molecule has 1 N–H and O–H groups in total. The summed E-state index contributed by atoms with van der Waals surface area (Å²) in [7, 11) is 0. The molecule has 1 aromatic carbocycles. The van der Waals surface area contributed by atoms with E-state index in [1.165, 1.54) is 5.56 Å². The number of hydrogen-bond acceptors (Lipinski definition) is 2. The van der Waals surface area contributed by atoms with Crippen molar-refractivity contribution in [1.29, 1.82) is 0 Å². The second-order valence-corrected chi connectivity index (χ2v) is 5.76. The van der Waals surface area contributed by atoms with Crippen molar-refractivity contribution < 1.29 is 9.90 Å². The number of benzene rings is 1. The van der Waals surface area contributed by atoms with Crippen LogP contribution in [-0.2, 0) is 11.2 Å². The molecule has 1 aliphatic rings. The zero-order valence-electron chi connectivity index (χ0n) is 12.6. The van der Waals surface area contributed by atoms with Crippen molar-refractivity contribution in [2.24, 2.45) is 5.92 Å². The molecule has 0 radical (unpaired) electrons. The van der Waals surface area contributed by atoms with Gasteiger partial charge < -0.3 is 10.0 Å². The summed E-state index contributed by atoms with van der Waals surface area (Å²) in [6, 6.07) is 10.3. The standard InChI is InChI=1S/C18H25NO2/c1-2-3-11-16-13-17(14-20)19(18(16)21)12-7-10-15-8-5-4-6-9-15/h2,4-6,8-9,16-17,20H,1,3,7,10-14H2/t16-,17+/m1/s1. The molecule has 0 aliphatic carbocycles. The third-order valence-corrected chi connectivity index (χ3v) is 4.27. The molecule has 1 heterocycles. The summed E-state index contributed by atoms with van der Waals surface area (Å²) in [5, 5.41) is 9.50. The van der Waals surface area contributed by atoms with Gasteiger partial charge in [-0.05, 0) is 37.7 Å². The van der Waals surface area contributed by atoms with Gasteiger partial charge in [0.05, 0.1) is 12.6 Å². The zero-order valence-corrected chi connectivity index (χ0v) is 12.6. The quantitative estimate of drug-likeness (QED) is 0.747. The normalized spacial score (nSPS) is 21.8. The van der Waals surface area contributed by atoms with Gasteiger partial charge in [-0.25, -0.2) is 0 Å². The number of rotatable bonds is 8. The van der Waals surface area contributed by atoms with E-state index in [-0.39, 0.29) is 24.5 Å². The molecule has 0 bridgehead atoms. The number of amides is 1. The van der Waals surface area contributed by atoms with Crippen LogP contribution in [0.3, 0.4) is 0 Å². The molecule has 1 aliphatic heterocycles. The van der Waals surface area contributed by atoms with E-state index in [0.29, 0.717) is 0 Å². The minimum Gasteiger partial charge on any atom is -0.394 e. The van der Waals surface area contributed by atoms with Crippen LogP contribution in [0.5, 0.6) is 0 Å². The smallest absolute Gasteiger partial charge is 0.226 e. The molecule has 1 saturated heterocycles. The summed E-state index contributed by atoms with van der Waals surface area (Å²) in [6.07, 6.45) is 6.29. The van der Waals surface area contributed by atoms with Crippen molar-refractivity contribution in [3.63, 3.8) is 0 Å². The summed E-state index contributed by atoms with van der Waals surface area (Å²) in [5.74, 6) is 0.279. The highest BCUT2D eigenvalue weighted by Crippen LogP contribution is 2.28. The Morgan fingerprint density at radius 3 is 2.76 bits per heavy atom. The van der Waals surface area contributed by atoms with Crippen LogP contribution in [0.15, 0.2) is 43.0 Å². The molecule has 0 unspecified atom stereocenters. The first-order valence-electron chi connectivity index (χ1n) is 7.82. The molecule has 1 fully saturated rings. The van der Waals surface area contributed by atoms with Gasteiger partial charge in [-0.2, -0.15) is 0 Å². The molecule has 2 atom stereocenters. The third kappa shape index (κ3) is 4.18. The van der Waals surface area contributed by atoms with Crippen LogP contribution in [-0.4, -0.2) is 35.1 Å². The number of hydrogen-bond donors (Lipinski definition) is 1. The molecule has 1 aromatic rings. The summed E-state index contributed by atoms with van der Waals surface area (Å²) < 4.78 is 0. The van der Waals surface area contributed by atoms with Crippen LogP contribution in [0.4, 0.5) is 0 Å². The molecule has 0 saturated carbocycles. The highest BCUT2D eigenvalue weighted by Gasteiger charge is 2.37. The number of aliphatic hydroxyl groups excluding tert-OH is 1. The van der Waals surface area contributed by atoms with E-state index in [1.807, 2.05) is 29.2 Å². The first-order valence-corrected chi connectivity index (χ1v) is 7.82. The van der Waals surface area contributed by atoms with E-state index in [2.05, 4.69) is 18.7 Å². The van der Waals surface area contributed by atoms with Gasteiger partial charge in [-0.1, -0.05) is 36.4 Å². The molecular weight excluding hydrogens is 262 g/mol. The van der Waals surface area contributed by atoms with E-state index in [9.17, 15) is 9.90 Å². The predicted octanol–water partition coefficient (Wildman–Crippen LogP) is 2.79. The molecular formula is C18H25NO2. The fraction of sp³-hybridized carbons (Fsp3) is 0.500. The van der Waals surface area contributed by atoms with Crippen molar-refractivity contribution in [2.45, 2.75) is 38.1 Å². The Kier molecular flexibility index (Phi) is 6.00. The van der Waals surface area contributed by atoms with Crippen molar-refractivity contribution in [2.75, 3.05) is 13.2 Å². The van der Waals surface area contributed by atoms with E-state index >= 15 is 0 Å². The minimum absolute atomic E-state index is 0.00286. The van der Waals surface area contributed by atoms with E-state index in [1.54, 1.807) is 0 Å². The predicted molar refractivity (Wildman–Crippen MR) is 84.9 cm³/mol. The Bertz CT molecular complexity index is 458. The Labute approximate surface area is 127 Å². The average molecular weight is 287 g/mol. The van der Waals surface area contributed by atoms with Gasteiger partial charge in [-0.15, -0.1) is 6.58 Å². The highest BCUT2D eigenvalue weighted by atomic mass is 16.3. The second-order valence-electron chi connectivity index (χ2n) is 5.76. The first-order chi connectivity index (χ1) is 10.3. The van der Waals surface area contributed by atoms with Crippen molar-refractivity contribution in [3.8, 4) is 0 Å². The molecule has 0 spiro atoms. The molecule has 114 valence electrons. The first kappa shape index (κ1) is 15.8. The van der Waals surface area contributed by atoms with E-state index in [4.69, 9.17) is 0 Å². The maximum absolute atomic E-state index is 12.4. The fourth-order valence-electron chi connectivity index (χ4n) is 3.10. The number of likely N-dealkylation sites (tertiary alicyclic amines) is 1. The van der Waals surface area contributed by atoms with E-state index in [0.717, 1.165) is 38.6 Å². The van der Waals surface area contributed by atoms with Gasteiger partial charge in [0, 0.05) is 12.5 Å². The summed E-state index contributed by atoms with van der Waals surface area (Å²) >= 11 is 0. The van der Waals surface area contributed by atoms with Crippen LogP contribution in [0.25, 0.3) is 0 Å². The molecule has 3 nitrogen and oxygen atoms in total. The SMILES string of the molecule is C=CCC[C@@H]1C[C@@H](CO)N(CCCc2ccccc2)C1=O. The second kappa shape index (κ2) is 7.99. The monoisotopic (exact) mass is 287 g/mol. The molecule has 2 rings (SSSR count). The van der Waals surface area contributed by atoms with E-state index < -0.39 is 0 Å². The highest BCUT2D eigenvalue weighted by molar-refractivity contribution is 5.81. The Hall–Kier alpha value is -1.61. The Morgan fingerprint density at radius 2 is 2.10 bits per heavy atom. The van der Waals surface area contributed by atoms with Gasteiger partial charge in [-0.3, -0.25) is 4.79 Å². The average Bonchev–Trinajstić information content (AvgIpc) is 2.82. The van der Waals surface area contributed by atoms with Crippen LogP contribution >= 0.6 is 0 Å². The number of carbonyl (C=O) groups is 1. The van der Waals surface area contributed by atoms with Crippen LogP contribution < -0.4 is 0 Å². The topological polar surface area (TPSA) is 40.5 Å². The maximum atomic E-state index is 12.4. The lowest BCUT2D eigenvalue weighted by Gasteiger charge is -2.23. The van der Waals surface area contributed by atoms with Gasteiger partial charge in [0.15, 0.2) is 0 Å². The Balaban J connectivity index is 1.85. The molecule has 21 heavy (non-hydrogen) atoms. The van der Waals surface area contributed by atoms with Crippen molar-refractivity contribution in [1.82, 2.24) is 4.90 Å². The lowest BCUT2D eigenvalue weighted by atomic mass is 10.00. The third-order valence-electron chi connectivity index (χ3n) is 4.27. The lowest BCUT2D eigenvalue weighted by Crippen LogP contribution is -2.36. The number of carbonyl (C=O) groups excluding carboxylic acids is 1. The van der Waals surface area contributed by atoms with Crippen molar-refractivity contribution >= 4 is 5.91 Å². The van der Waals surface area contributed by atoms with Gasteiger partial charge >= 0.3 is 0 Å². The largest absolute Gasteiger partial charge is 0.394 e. The molecule has 3 heteroatoms. The lowest BCUT2D eigenvalue weighted by molar-refractivity contribution is -0.132. The number of aryl methyl sites for hydroxylation is 1. The summed E-state index contributed by atoms with van der Waals surface area (Å²) in [6.45, 7) is 4.52. The van der Waals surface area contributed by atoms with Gasteiger partial charge in [0.2, 0.25) is 5.91 Å². The number of aliphatic hydroxyl groups is 1. The number of allylic oxidation sites excluding steroid dienone is 1. The zero-order chi connectivity index (χ0) is 15.1.